The smallest absolute Gasteiger partial charge is 0.0612 e. The van der Waals surface area contributed by atoms with Crippen molar-refractivity contribution in [1.29, 1.82) is 0 Å². The molecule has 0 aliphatic carbocycles. The summed E-state index contributed by atoms with van der Waals surface area (Å²) in [5.74, 6) is 0. The summed E-state index contributed by atoms with van der Waals surface area (Å²) in [5.41, 5.74) is 6.18. The highest BCUT2D eigenvalue weighted by atomic mass is 15.5. The number of hydrazone groups is 1. The quantitative estimate of drug-likeness (QED) is 0.609. The van der Waals surface area contributed by atoms with Crippen LogP contribution in [0, 0.1) is 0 Å². The first-order chi connectivity index (χ1) is 9.12. The van der Waals surface area contributed by atoms with Gasteiger partial charge in [-0.05, 0) is 19.8 Å². The topological polar surface area (TPSA) is 41.6 Å². The fraction of sp³-hybridized carbons (Fsp3) is 0.938. The predicted molar refractivity (Wildman–Crippen MR) is 84.5 cm³/mol. The van der Waals surface area contributed by atoms with Crippen LogP contribution in [0.15, 0.2) is 5.10 Å². The Morgan fingerprint density at radius 2 is 1.68 bits per heavy atom. The van der Waals surface area contributed by atoms with Crippen molar-refractivity contribution in [3.63, 3.8) is 0 Å². The summed E-state index contributed by atoms with van der Waals surface area (Å²) in [4.78, 5) is 0. The van der Waals surface area contributed by atoms with Crippen molar-refractivity contribution >= 4 is 6.21 Å². The number of hydrogen-bond acceptors (Lipinski definition) is 3. The first kappa shape index (κ1) is 16.5. The molecule has 0 aromatic rings. The van der Waals surface area contributed by atoms with Crippen LogP contribution in [-0.4, -0.2) is 29.3 Å². The predicted octanol–water partition coefficient (Wildman–Crippen LogP) is 3.92. The lowest BCUT2D eigenvalue weighted by Crippen LogP contribution is -2.44. The van der Waals surface area contributed by atoms with Crippen LogP contribution < -0.4 is 5.73 Å². The Hall–Kier alpha value is -0.570. The number of nitrogens with zero attached hydrogens (tertiary/aromatic N) is 2. The van der Waals surface area contributed by atoms with Gasteiger partial charge in [0.1, 0.15) is 0 Å². The van der Waals surface area contributed by atoms with Crippen LogP contribution in [0.25, 0.3) is 0 Å². The minimum Gasteiger partial charge on any atom is -0.322 e. The Morgan fingerprint density at radius 3 is 2.21 bits per heavy atom. The average Bonchev–Trinajstić information content (AvgIpc) is 2.82. The summed E-state index contributed by atoms with van der Waals surface area (Å²) in [5, 5.41) is 6.81. The molecule has 0 saturated heterocycles. The Bertz CT molecular complexity index is 265. The summed E-state index contributed by atoms with van der Waals surface area (Å²) in [6.07, 6.45) is 13.7. The highest BCUT2D eigenvalue weighted by molar-refractivity contribution is 5.66. The molecule has 1 aliphatic heterocycles. The van der Waals surface area contributed by atoms with Gasteiger partial charge in [-0.2, -0.15) is 5.10 Å². The van der Waals surface area contributed by atoms with Gasteiger partial charge in [-0.1, -0.05) is 58.8 Å². The van der Waals surface area contributed by atoms with E-state index in [0.717, 1.165) is 6.54 Å². The van der Waals surface area contributed by atoms with Crippen LogP contribution in [0.2, 0.25) is 0 Å². The van der Waals surface area contributed by atoms with Crippen molar-refractivity contribution in [1.82, 2.24) is 5.01 Å². The molecular weight excluding hydrogens is 234 g/mol. The summed E-state index contributed by atoms with van der Waals surface area (Å²) in [7, 11) is 0. The van der Waals surface area contributed by atoms with E-state index < -0.39 is 0 Å². The van der Waals surface area contributed by atoms with Gasteiger partial charge >= 0.3 is 0 Å². The monoisotopic (exact) mass is 267 g/mol. The molecule has 3 nitrogen and oxygen atoms in total. The van der Waals surface area contributed by atoms with Gasteiger partial charge in [-0.25, -0.2) is 0 Å². The minimum atomic E-state index is 0.126. The molecule has 1 heterocycles. The van der Waals surface area contributed by atoms with E-state index >= 15 is 0 Å². The van der Waals surface area contributed by atoms with Crippen LogP contribution in [0.3, 0.4) is 0 Å². The molecule has 0 amide bonds. The van der Waals surface area contributed by atoms with E-state index in [4.69, 9.17) is 5.73 Å². The van der Waals surface area contributed by atoms with Crippen LogP contribution >= 0.6 is 0 Å². The second-order valence-corrected chi connectivity index (χ2v) is 6.28. The third-order valence-electron chi connectivity index (χ3n) is 4.29. The van der Waals surface area contributed by atoms with Gasteiger partial charge in [0.15, 0.2) is 0 Å². The molecule has 2 atom stereocenters. The second-order valence-electron chi connectivity index (χ2n) is 6.28. The molecule has 0 aromatic heterocycles. The van der Waals surface area contributed by atoms with Crippen molar-refractivity contribution in [2.45, 2.75) is 90.1 Å². The zero-order valence-corrected chi connectivity index (χ0v) is 13.2. The van der Waals surface area contributed by atoms with Crippen molar-refractivity contribution < 1.29 is 0 Å². The van der Waals surface area contributed by atoms with Crippen LogP contribution in [0.1, 0.15) is 78.6 Å². The summed E-state index contributed by atoms with van der Waals surface area (Å²) in [6.45, 7) is 7.81. The highest BCUT2D eigenvalue weighted by Crippen LogP contribution is 2.30. The second kappa shape index (κ2) is 8.57. The van der Waals surface area contributed by atoms with Gasteiger partial charge in [0.2, 0.25) is 0 Å². The molecule has 3 heteroatoms. The Kier molecular flexibility index (Phi) is 7.44. The van der Waals surface area contributed by atoms with E-state index in [1.165, 1.54) is 57.8 Å². The molecule has 0 fully saturated rings. The maximum Gasteiger partial charge on any atom is 0.0612 e. The fourth-order valence-electron chi connectivity index (χ4n) is 2.89. The van der Waals surface area contributed by atoms with Gasteiger partial charge in [0, 0.05) is 6.21 Å². The molecule has 19 heavy (non-hydrogen) atoms. The van der Waals surface area contributed by atoms with E-state index in [9.17, 15) is 0 Å². The van der Waals surface area contributed by atoms with Gasteiger partial charge in [-0.3, -0.25) is 5.01 Å². The Morgan fingerprint density at radius 1 is 1.11 bits per heavy atom. The van der Waals surface area contributed by atoms with Crippen LogP contribution in [0.4, 0.5) is 0 Å². The lowest BCUT2D eigenvalue weighted by Gasteiger charge is -2.38. The van der Waals surface area contributed by atoms with Gasteiger partial charge in [0.25, 0.3) is 0 Å². The molecule has 2 N–H and O–H groups in total. The largest absolute Gasteiger partial charge is 0.322 e. The summed E-state index contributed by atoms with van der Waals surface area (Å²) < 4.78 is 0. The van der Waals surface area contributed by atoms with Crippen molar-refractivity contribution in [3.8, 4) is 0 Å². The average molecular weight is 267 g/mol. The van der Waals surface area contributed by atoms with E-state index in [-0.39, 0.29) is 11.6 Å². The zero-order valence-electron chi connectivity index (χ0n) is 13.2. The molecule has 0 saturated carbocycles. The van der Waals surface area contributed by atoms with Crippen molar-refractivity contribution in [2.24, 2.45) is 10.8 Å². The van der Waals surface area contributed by atoms with Crippen molar-refractivity contribution in [3.05, 3.63) is 0 Å². The molecule has 0 aromatic carbocycles. The fourth-order valence-corrected chi connectivity index (χ4v) is 2.89. The lowest BCUT2D eigenvalue weighted by atomic mass is 9.87. The third kappa shape index (κ3) is 5.52. The number of rotatable bonds is 10. The molecule has 0 spiro atoms. The normalized spacial score (nSPS) is 21.9. The molecule has 2 unspecified atom stereocenters. The van der Waals surface area contributed by atoms with E-state index in [2.05, 4.69) is 30.9 Å². The third-order valence-corrected chi connectivity index (χ3v) is 4.29. The van der Waals surface area contributed by atoms with Gasteiger partial charge in [-0.15, -0.1) is 0 Å². The molecule has 0 radical (unpaired) electrons. The van der Waals surface area contributed by atoms with Crippen molar-refractivity contribution in [2.75, 3.05) is 6.54 Å². The minimum absolute atomic E-state index is 0.126. The van der Waals surface area contributed by atoms with E-state index in [1.807, 2.05) is 6.21 Å². The lowest BCUT2D eigenvalue weighted by molar-refractivity contribution is 0.0936. The molecule has 1 aliphatic rings. The van der Waals surface area contributed by atoms with Crippen LogP contribution in [-0.2, 0) is 0 Å². The maximum atomic E-state index is 5.96. The number of hydrogen-bond donors (Lipinski definition) is 1. The molecular formula is C16H33N3. The maximum absolute atomic E-state index is 5.96. The van der Waals surface area contributed by atoms with Crippen LogP contribution in [0.5, 0.6) is 0 Å². The standard InChI is InChI=1S/C16H33N3/c1-4-6-8-10-12-16(3,11-9-7-5-2)19-14-15(17)13-18-19/h13,15H,4-12,14,17H2,1-3H3. The first-order valence-electron chi connectivity index (χ1n) is 8.19. The number of nitrogens with two attached hydrogens (primary N) is 1. The van der Waals surface area contributed by atoms with E-state index in [1.54, 1.807) is 0 Å². The zero-order chi connectivity index (χ0) is 14.1. The van der Waals surface area contributed by atoms with Gasteiger partial charge in [0.05, 0.1) is 18.1 Å². The summed E-state index contributed by atoms with van der Waals surface area (Å²) in [6, 6.07) is 0.126. The number of unbranched alkanes of at least 4 members (excludes halogenated alkanes) is 5. The Labute approximate surface area is 119 Å². The Balaban J connectivity index is 2.48. The van der Waals surface area contributed by atoms with E-state index in [0.29, 0.717) is 0 Å². The first-order valence-corrected chi connectivity index (χ1v) is 8.19. The molecule has 0 bridgehead atoms. The molecule has 112 valence electrons. The SMILES string of the molecule is CCCCCCC(C)(CCCCC)N1CC(N)C=N1. The highest BCUT2D eigenvalue weighted by Gasteiger charge is 2.33. The van der Waals surface area contributed by atoms with Gasteiger partial charge < -0.3 is 5.73 Å². The molecule has 1 rings (SSSR count). The summed E-state index contributed by atoms with van der Waals surface area (Å²) >= 11 is 0.